The largest absolute Gasteiger partial charge is 0.451 e. The third-order valence-corrected chi connectivity index (χ3v) is 4.63. The fourth-order valence-corrected chi connectivity index (χ4v) is 3.01. The topological polar surface area (TPSA) is 71.2 Å². The minimum atomic E-state index is -0.548. The van der Waals surface area contributed by atoms with Gasteiger partial charge >= 0.3 is 5.97 Å². The third-order valence-electron chi connectivity index (χ3n) is 4.10. The summed E-state index contributed by atoms with van der Waals surface area (Å²) >= 11 is 3.40. The van der Waals surface area contributed by atoms with E-state index in [2.05, 4.69) is 26.2 Å². The Morgan fingerprint density at radius 1 is 1.15 bits per heavy atom. The molecule has 0 fully saturated rings. The van der Waals surface area contributed by atoms with E-state index >= 15 is 0 Å². The van der Waals surface area contributed by atoms with Gasteiger partial charge in [0.25, 0.3) is 5.91 Å². The zero-order valence-corrected chi connectivity index (χ0v) is 15.9. The van der Waals surface area contributed by atoms with Gasteiger partial charge in [-0.2, -0.15) is 0 Å². The number of halogens is 1. The Labute approximate surface area is 159 Å². The van der Waals surface area contributed by atoms with Gasteiger partial charge in [0.2, 0.25) is 0 Å². The van der Waals surface area contributed by atoms with E-state index in [9.17, 15) is 9.59 Å². The van der Waals surface area contributed by atoms with Crippen LogP contribution in [0.1, 0.15) is 35.4 Å². The second kappa shape index (κ2) is 8.19. The van der Waals surface area contributed by atoms with Gasteiger partial charge in [0.1, 0.15) is 5.69 Å². The van der Waals surface area contributed by atoms with E-state index in [0.717, 1.165) is 27.4 Å². The van der Waals surface area contributed by atoms with Gasteiger partial charge in [-0.1, -0.05) is 53.2 Å². The number of esters is 1. The normalized spacial score (nSPS) is 11.9. The lowest BCUT2D eigenvalue weighted by molar-refractivity contribution is -0.125. The zero-order valence-electron chi connectivity index (χ0n) is 14.3. The predicted octanol–water partition coefficient (Wildman–Crippen LogP) is 4.35. The fraction of sp³-hybridized carbons (Fsp3) is 0.200. The van der Waals surface area contributed by atoms with Crippen LogP contribution in [0.5, 0.6) is 0 Å². The number of carbonyl (C=O) groups is 2. The van der Waals surface area contributed by atoms with Crippen molar-refractivity contribution in [1.29, 1.82) is 0 Å². The van der Waals surface area contributed by atoms with Gasteiger partial charge in [0.15, 0.2) is 6.61 Å². The highest BCUT2D eigenvalue weighted by molar-refractivity contribution is 9.10. The molecule has 5 nitrogen and oxygen atoms in total. The Hall–Kier alpha value is -2.60. The molecular weight excluding hydrogens is 396 g/mol. The van der Waals surface area contributed by atoms with Crippen LogP contribution < -0.4 is 5.32 Å². The first-order chi connectivity index (χ1) is 12.6. The first-order valence-electron chi connectivity index (χ1n) is 8.36. The number of amides is 1. The molecule has 3 aromatic rings. The summed E-state index contributed by atoms with van der Waals surface area (Å²) in [5.41, 5.74) is 2.19. The minimum absolute atomic E-state index is 0.123. The average Bonchev–Trinajstić information content (AvgIpc) is 3.09. The van der Waals surface area contributed by atoms with Crippen LogP contribution in [-0.4, -0.2) is 23.5 Å². The molecule has 6 heteroatoms. The number of nitrogens with one attached hydrogen (secondary N) is 2. The van der Waals surface area contributed by atoms with Gasteiger partial charge in [-0.25, -0.2) is 4.79 Å². The lowest BCUT2D eigenvalue weighted by atomic mass is 10.0. The molecule has 0 aliphatic carbocycles. The van der Waals surface area contributed by atoms with Crippen molar-refractivity contribution in [3.8, 4) is 0 Å². The quantitative estimate of drug-likeness (QED) is 0.588. The number of benzene rings is 2. The lowest BCUT2D eigenvalue weighted by Gasteiger charge is -2.17. The monoisotopic (exact) mass is 414 g/mol. The van der Waals surface area contributed by atoms with Crippen molar-refractivity contribution in [2.24, 2.45) is 0 Å². The first kappa shape index (κ1) is 18.2. The number of para-hydroxylation sites is 1. The molecule has 134 valence electrons. The molecule has 0 aliphatic rings. The van der Waals surface area contributed by atoms with Gasteiger partial charge in [0.05, 0.1) is 6.04 Å². The molecule has 26 heavy (non-hydrogen) atoms. The van der Waals surface area contributed by atoms with Crippen molar-refractivity contribution in [2.75, 3.05) is 6.61 Å². The van der Waals surface area contributed by atoms with Gasteiger partial charge in [-0.05, 0) is 36.2 Å². The van der Waals surface area contributed by atoms with Crippen molar-refractivity contribution >= 4 is 38.7 Å². The van der Waals surface area contributed by atoms with Crippen LogP contribution in [0.3, 0.4) is 0 Å². The molecule has 0 unspecified atom stereocenters. The maximum atomic E-state index is 12.2. The molecule has 3 rings (SSSR count). The summed E-state index contributed by atoms with van der Waals surface area (Å²) < 4.78 is 6.11. The third kappa shape index (κ3) is 4.32. The predicted molar refractivity (Wildman–Crippen MR) is 104 cm³/mol. The summed E-state index contributed by atoms with van der Waals surface area (Å²) in [5.74, 6) is -0.878. The fourth-order valence-electron chi connectivity index (χ4n) is 2.74. The molecule has 1 atom stereocenters. The van der Waals surface area contributed by atoms with Crippen molar-refractivity contribution in [3.05, 3.63) is 70.3 Å². The molecule has 2 N–H and O–H groups in total. The summed E-state index contributed by atoms with van der Waals surface area (Å²) in [6.45, 7) is 1.67. The van der Waals surface area contributed by atoms with E-state index in [1.807, 2.05) is 55.5 Å². The second-order valence-corrected chi connectivity index (χ2v) is 6.84. The summed E-state index contributed by atoms with van der Waals surface area (Å²) in [4.78, 5) is 27.3. The Kier molecular flexibility index (Phi) is 5.73. The molecular formula is C20H19BrN2O3. The summed E-state index contributed by atoms with van der Waals surface area (Å²) in [6, 6.07) is 16.9. The number of hydrogen-bond acceptors (Lipinski definition) is 3. The highest BCUT2D eigenvalue weighted by atomic mass is 79.9. The summed E-state index contributed by atoms with van der Waals surface area (Å²) in [5, 5.41) is 3.82. The second-order valence-electron chi connectivity index (χ2n) is 5.93. The SMILES string of the molecule is CC[C@@H](NC(=O)COC(=O)c1cc2ccccc2[nH]1)c1ccc(Br)cc1. The van der Waals surface area contributed by atoms with E-state index in [1.54, 1.807) is 6.07 Å². The molecule has 1 aromatic heterocycles. The standard InChI is InChI=1S/C20H19BrN2O3/c1-2-16(13-7-9-15(21)10-8-13)23-19(24)12-26-20(25)18-11-14-5-3-4-6-17(14)22-18/h3-11,16,22H,2,12H2,1H3,(H,23,24)/t16-/m1/s1. The molecule has 0 saturated carbocycles. The molecule has 0 saturated heterocycles. The van der Waals surface area contributed by atoms with Crippen LogP contribution in [0, 0.1) is 0 Å². The summed E-state index contributed by atoms with van der Waals surface area (Å²) in [6.07, 6.45) is 0.739. The number of carbonyl (C=O) groups excluding carboxylic acids is 2. The maximum Gasteiger partial charge on any atom is 0.355 e. The van der Waals surface area contributed by atoms with E-state index in [-0.39, 0.29) is 18.6 Å². The Morgan fingerprint density at radius 3 is 2.58 bits per heavy atom. The van der Waals surface area contributed by atoms with Crippen LogP contribution in [0.15, 0.2) is 59.1 Å². The zero-order chi connectivity index (χ0) is 18.5. The summed E-state index contributed by atoms with van der Waals surface area (Å²) in [7, 11) is 0. The Balaban J connectivity index is 1.57. The highest BCUT2D eigenvalue weighted by Gasteiger charge is 2.16. The van der Waals surface area contributed by atoms with Gasteiger partial charge < -0.3 is 15.0 Å². The lowest BCUT2D eigenvalue weighted by Crippen LogP contribution is -2.32. The molecule has 2 aromatic carbocycles. The average molecular weight is 415 g/mol. The number of aromatic nitrogens is 1. The van der Waals surface area contributed by atoms with Crippen molar-refractivity contribution in [3.63, 3.8) is 0 Å². The van der Waals surface area contributed by atoms with E-state index in [1.165, 1.54) is 0 Å². The molecule has 1 heterocycles. The van der Waals surface area contributed by atoms with Crippen LogP contribution in [0.25, 0.3) is 10.9 Å². The number of hydrogen-bond donors (Lipinski definition) is 2. The van der Waals surface area contributed by atoms with E-state index in [0.29, 0.717) is 5.69 Å². The van der Waals surface area contributed by atoms with Gasteiger partial charge in [-0.3, -0.25) is 4.79 Å². The van der Waals surface area contributed by atoms with Crippen LogP contribution >= 0.6 is 15.9 Å². The highest BCUT2D eigenvalue weighted by Crippen LogP contribution is 2.19. The molecule has 0 bridgehead atoms. The molecule has 0 radical (unpaired) electrons. The number of fused-ring (bicyclic) bond motifs is 1. The van der Waals surface area contributed by atoms with Crippen LogP contribution in [0.4, 0.5) is 0 Å². The molecule has 0 aliphatic heterocycles. The smallest absolute Gasteiger partial charge is 0.355 e. The Morgan fingerprint density at radius 2 is 1.88 bits per heavy atom. The van der Waals surface area contributed by atoms with Crippen molar-refractivity contribution in [2.45, 2.75) is 19.4 Å². The maximum absolute atomic E-state index is 12.2. The van der Waals surface area contributed by atoms with Crippen molar-refractivity contribution < 1.29 is 14.3 Å². The number of H-pyrrole nitrogens is 1. The number of rotatable bonds is 6. The first-order valence-corrected chi connectivity index (χ1v) is 9.16. The van der Waals surface area contributed by atoms with Crippen LogP contribution in [-0.2, 0) is 9.53 Å². The Bertz CT molecular complexity index is 885. The van der Waals surface area contributed by atoms with E-state index in [4.69, 9.17) is 4.74 Å². The minimum Gasteiger partial charge on any atom is -0.451 e. The van der Waals surface area contributed by atoms with Gasteiger partial charge in [0, 0.05) is 15.4 Å². The molecule has 0 spiro atoms. The molecule has 1 amide bonds. The van der Waals surface area contributed by atoms with E-state index < -0.39 is 5.97 Å². The van der Waals surface area contributed by atoms with Crippen LogP contribution in [0.2, 0.25) is 0 Å². The number of aromatic amines is 1. The number of ether oxygens (including phenoxy) is 1. The van der Waals surface area contributed by atoms with Crippen molar-refractivity contribution in [1.82, 2.24) is 10.3 Å². The van der Waals surface area contributed by atoms with Gasteiger partial charge in [-0.15, -0.1) is 0 Å².